The summed E-state index contributed by atoms with van der Waals surface area (Å²) in [6.45, 7) is 3.13. The predicted molar refractivity (Wildman–Crippen MR) is 142 cm³/mol. The highest BCUT2D eigenvalue weighted by Crippen LogP contribution is 2.34. The van der Waals surface area contributed by atoms with E-state index in [9.17, 15) is 19.2 Å². The monoisotopic (exact) mass is 542 g/mol. The lowest BCUT2D eigenvalue weighted by molar-refractivity contribution is -0.129. The maximum Gasteiger partial charge on any atom is 0.337 e. The Morgan fingerprint density at radius 1 is 1.18 bits per heavy atom. The Labute approximate surface area is 222 Å². The summed E-state index contributed by atoms with van der Waals surface area (Å²) < 4.78 is 18.7. The molecule has 1 fully saturated rings. The molecule has 1 saturated heterocycles. The summed E-state index contributed by atoms with van der Waals surface area (Å²) in [5.74, 6) is 0.415. The molecule has 5 rings (SSSR count). The van der Waals surface area contributed by atoms with Gasteiger partial charge in [0.25, 0.3) is 5.56 Å². The molecule has 1 aromatic carbocycles. The van der Waals surface area contributed by atoms with Crippen LogP contribution in [-0.2, 0) is 33.8 Å². The van der Waals surface area contributed by atoms with E-state index in [1.54, 1.807) is 23.1 Å². The number of methoxy groups -OCH3 is 2. The minimum atomic E-state index is -0.635. The van der Waals surface area contributed by atoms with E-state index in [1.165, 1.54) is 37.0 Å². The fourth-order valence-corrected chi connectivity index (χ4v) is 6.38. The number of nitrogens with zero attached hydrogens (tertiary/aromatic N) is 3. The molecule has 12 heteroatoms. The highest BCUT2D eigenvalue weighted by Gasteiger charge is 2.28. The second-order valence-corrected chi connectivity index (χ2v) is 10.4. The third kappa shape index (κ3) is 4.69. The van der Waals surface area contributed by atoms with Crippen LogP contribution in [-0.4, -0.2) is 65.9 Å². The summed E-state index contributed by atoms with van der Waals surface area (Å²) in [5, 5.41) is 3.26. The highest BCUT2D eigenvalue weighted by molar-refractivity contribution is 7.18. The number of ether oxygens (including phenoxy) is 3. The number of fused-ring (bicyclic) bond motifs is 3. The summed E-state index contributed by atoms with van der Waals surface area (Å²) in [7, 11) is 2.97. The molecule has 0 bridgehead atoms. The molecule has 2 aliphatic rings. The second kappa shape index (κ2) is 10.6. The molecule has 202 valence electrons. The van der Waals surface area contributed by atoms with E-state index < -0.39 is 11.2 Å². The lowest BCUT2D eigenvalue weighted by atomic mass is 10.1. The molecule has 0 spiro atoms. The van der Waals surface area contributed by atoms with Gasteiger partial charge in [-0.1, -0.05) is 0 Å². The molecule has 2 amide bonds. The second-order valence-electron chi connectivity index (χ2n) is 9.36. The Morgan fingerprint density at radius 2 is 1.97 bits per heavy atom. The number of nitrogens with one attached hydrogen (secondary N) is 1. The molecule has 2 aromatic heterocycles. The average molecular weight is 543 g/mol. The van der Waals surface area contributed by atoms with Gasteiger partial charge in [-0.15, -0.1) is 11.3 Å². The van der Waals surface area contributed by atoms with Crippen molar-refractivity contribution >= 4 is 33.4 Å². The molecule has 4 heterocycles. The van der Waals surface area contributed by atoms with E-state index >= 15 is 0 Å². The minimum absolute atomic E-state index is 0.0389. The van der Waals surface area contributed by atoms with E-state index in [4.69, 9.17) is 14.2 Å². The van der Waals surface area contributed by atoms with Gasteiger partial charge >= 0.3 is 5.69 Å². The zero-order valence-electron chi connectivity index (χ0n) is 21.6. The Balaban J connectivity index is 1.64. The minimum Gasteiger partial charge on any atom is -0.493 e. The zero-order chi connectivity index (χ0) is 27.0. The summed E-state index contributed by atoms with van der Waals surface area (Å²) in [4.78, 5) is 55.7. The lowest BCUT2D eigenvalue weighted by Gasteiger charge is -2.25. The van der Waals surface area contributed by atoms with Crippen LogP contribution in [0.1, 0.15) is 30.2 Å². The van der Waals surface area contributed by atoms with Gasteiger partial charge < -0.3 is 24.4 Å². The van der Waals surface area contributed by atoms with Crippen molar-refractivity contribution in [3.63, 3.8) is 0 Å². The van der Waals surface area contributed by atoms with Gasteiger partial charge in [0, 0.05) is 37.6 Å². The number of rotatable bonds is 7. The molecule has 38 heavy (non-hydrogen) atoms. The Hall–Kier alpha value is -3.64. The van der Waals surface area contributed by atoms with Crippen molar-refractivity contribution < 1.29 is 23.8 Å². The van der Waals surface area contributed by atoms with Gasteiger partial charge in [0.15, 0.2) is 11.5 Å². The van der Waals surface area contributed by atoms with E-state index in [0.717, 1.165) is 27.8 Å². The smallest absolute Gasteiger partial charge is 0.337 e. The normalized spacial score (nSPS) is 16.9. The van der Waals surface area contributed by atoms with Crippen LogP contribution < -0.4 is 26.0 Å². The number of carbonyl (C=O) groups excluding carboxylic acids is 2. The van der Waals surface area contributed by atoms with Crippen molar-refractivity contribution in [2.45, 2.75) is 45.4 Å². The first-order valence-corrected chi connectivity index (χ1v) is 13.3. The van der Waals surface area contributed by atoms with Gasteiger partial charge in [0.1, 0.15) is 11.4 Å². The average Bonchev–Trinajstić information content (AvgIpc) is 3.57. The van der Waals surface area contributed by atoms with Crippen molar-refractivity contribution in [2.24, 2.45) is 0 Å². The summed E-state index contributed by atoms with van der Waals surface area (Å²) >= 11 is 1.29. The van der Waals surface area contributed by atoms with Crippen molar-refractivity contribution in [1.82, 2.24) is 19.4 Å². The third-order valence-electron chi connectivity index (χ3n) is 7.05. The van der Waals surface area contributed by atoms with Crippen molar-refractivity contribution in [3.8, 4) is 17.2 Å². The third-order valence-corrected chi connectivity index (χ3v) is 8.29. The standard InChI is InChI=1S/C26H30N4O7S/c1-15(31)28-9-8-18-21(13-28)38-25-23(18)24(33)30(16-6-7-19(35-2)20(11-16)36-3)26(34)29(25)14-22(32)27-12-17-5-4-10-37-17/h6-7,11,17H,4-5,8-10,12-14H2,1-3H3,(H,27,32)/t17-/m1/s1. The number of aromatic nitrogens is 2. The molecule has 2 aliphatic heterocycles. The van der Waals surface area contributed by atoms with Gasteiger partial charge in [-0.2, -0.15) is 0 Å². The number of thiophene rings is 1. The van der Waals surface area contributed by atoms with Crippen LogP contribution in [0.5, 0.6) is 11.5 Å². The highest BCUT2D eigenvalue weighted by atomic mass is 32.1. The van der Waals surface area contributed by atoms with Crippen molar-refractivity contribution in [3.05, 3.63) is 49.5 Å². The molecular weight excluding hydrogens is 512 g/mol. The van der Waals surface area contributed by atoms with Crippen LogP contribution >= 0.6 is 11.3 Å². The number of hydrogen-bond donors (Lipinski definition) is 1. The number of carbonyl (C=O) groups is 2. The van der Waals surface area contributed by atoms with Gasteiger partial charge in [-0.05, 0) is 37.0 Å². The zero-order valence-corrected chi connectivity index (χ0v) is 22.4. The van der Waals surface area contributed by atoms with Crippen molar-refractivity contribution in [1.29, 1.82) is 0 Å². The van der Waals surface area contributed by atoms with Crippen LogP contribution in [0.15, 0.2) is 27.8 Å². The van der Waals surface area contributed by atoms with Gasteiger partial charge in [0.2, 0.25) is 11.8 Å². The molecule has 11 nitrogen and oxygen atoms in total. The SMILES string of the molecule is COc1ccc(-n2c(=O)c3c4c(sc3n(CC(=O)NC[C@H]3CCCO3)c2=O)CN(C(C)=O)CC4)cc1OC. The lowest BCUT2D eigenvalue weighted by Crippen LogP contribution is -2.42. The number of benzene rings is 1. The van der Waals surface area contributed by atoms with Crippen LogP contribution in [0.25, 0.3) is 15.9 Å². The summed E-state index contributed by atoms with van der Waals surface area (Å²) in [5.41, 5.74) is 0.00967. The van der Waals surface area contributed by atoms with Gasteiger partial charge in [0.05, 0.1) is 37.9 Å². The molecule has 1 atom stereocenters. The molecule has 3 aromatic rings. The number of hydrogen-bond acceptors (Lipinski definition) is 8. The quantitative estimate of drug-likeness (QED) is 0.480. The van der Waals surface area contributed by atoms with Crippen LogP contribution in [0, 0.1) is 0 Å². The summed E-state index contributed by atoms with van der Waals surface area (Å²) in [6, 6.07) is 4.79. The molecule has 0 saturated carbocycles. The fraction of sp³-hybridized carbons (Fsp3) is 0.462. The van der Waals surface area contributed by atoms with E-state index in [0.29, 0.717) is 60.1 Å². The van der Waals surface area contributed by atoms with Crippen LogP contribution in [0.3, 0.4) is 0 Å². The molecular formula is C26H30N4O7S. The Bertz CT molecular complexity index is 1520. The van der Waals surface area contributed by atoms with Gasteiger partial charge in [-0.25, -0.2) is 9.36 Å². The predicted octanol–water partition coefficient (Wildman–Crippen LogP) is 1.43. The first-order valence-electron chi connectivity index (χ1n) is 12.5. The largest absolute Gasteiger partial charge is 0.493 e. The first-order chi connectivity index (χ1) is 18.3. The number of amides is 2. The van der Waals surface area contributed by atoms with Gasteiger partial charge in [-0.3, -0.25) is 19.0 Å². The maximum absolute atomic E-state index is 13.9. The topological polar surface area (TPSA) is 121 Å². The van der Waals surface area contributed by atoms with Crippen molar-refractivity contribution in [2.75, 3.05) is 33.9 Å². The summed E-state index contributed by atoms with van der Waals surface area (Å²) in [6.07, 6.45) is 2.27. The molecule has 0 aliphatic carbocycles. The molecule has 0 unspecified atom stereocenters. The molecule has 1 N–H and O–H groups in total. The Morgan fingerprint density at radius 3 is 2.66 bits per heavy atom. The van der Waals surface area contributed by atoms with E-state index in [1.807, 2.05) is 0 Å². The molecule has 0 radical (unpaired) electrons. The first kappa shape index (κ1) is 26.0. The van der Waals surface area contributed by atoms with E-state index in [2.05, 4.69) is 5.32 Å². The maximum atomic E-state index is 13.9. The fourth-order valence-electron chi connectivity index (χ4n) is 5.04. The van der Waals surface area contributed by atoms with E-state index in [-0.39, 0.29) is 24.5 Å². The van der Waals surface area contributed by atoms with Crippen LogP contribution in [0.4, 0.5) is 0 Å². The Kier molecular flexibility index (Phi) is 7.26. The van der Waals surface area contributed by atoms with Crippen LogP contribution in [0.2, 0.25) is 0 Å².